The highest BCUT2D eigenvalue weighted by Gasteiger charge is 2.10. The number of hydrogen-bond acceptors (Lipinski definition) is 4. The highest BCUT2D eigenvalue weighted by molar-refractivity contribution is 7.19. The Balaban J connectivity index is 1.86. The fourth-order valence-corrected chi connectivity index (χ4v) is 4.25. The van der Waals surface area contributed by atoms with Crippen LogP contribution in [0.3, 0.4) is 0 Å². The van der Waals surface area contributed by atoms with Crippen LogP contribution in [0.2, 0.25) is 0 Å². The monoisotopic (exact) mass is 318 g/mol. The number of nitriles is 1. The number of rotatable bonds is 2. The van der Waals surface area contributed by atoms with Gasteiger partial charge in [0.05, 0.1) is 15.8 Å². The first-order chi connectivity index (χ1) is 10.8. The summed E-state index contributed by atoms with van der Waals surface area (Å²) in [5.41, 5.74) is 2.64. The number of fused-ring (bicyclic) bond motifs is 2. The molecule has 2 heterocycles. The SMILES string of the molecule is N#C/C(=C/c1csc2ccccc12)c1nc2ccccc2s1. The van der Waals surface area contributed by atoms with Gasteiger partial charge in [0, 0.05) is 4.70 Å². The maximum atomic E-state index is 9.53. The van der Waals surface area contributed by atoms with Gasteiger partial charge in [-0.05, 0) is 40.6 Å². The van der Waals surface area contributed by atoms with E-state index in [2.05, 4.69) is 28.6 Å². The maximum absolute atomic E-state index is 9.53. The van der Waals surface area contributed by atoms with Crippen LogP contribution < -0.4 is 0 Å². The molecule has 2 aromatic heterocycles. The normalized spacial score (nSPS) is 11.9. The Labute approximate surface area is 135 Å². The molecule has 0 saturated heterocycles. The van der Waals surface area contributed by atoms with Crippen LogP contribution in [0, 0.1) is 11.3 Å². The Hall–Kier alpha value is -2.48. The predicted molar refractivity (Wildman–Crippen MR) is 94.9 cm³/mol. The van der Waals surface area contributed by atoms with Crippen molar-refractivity contribution in [2.24, 2.45) is 0 Å². The molecule has 0 bridgehead atoms. The van der Waals surface area contributed by atoms with Crippen molar-refractivity contribution in [2.45, 2.75) is 0 Å². The van der Waals surface area contributed by atoms with E-state index in [4.69, 9.17) is 0 Å². The lowest BCUT2D eigenvalue weighted by atomic mass is 10.1. The summed E-state index contributed by atoms with van der Waals surface area (Å²) in [6.07, 6.45) is 1.94. The van der Waals surface area contributed by atoms with E-state index in [9.17, 15) is 5.26 Å². The van der Waals surface area contributed by atoms with E-state index >= 15 is 0 Å². The van der Waals surface area contributed by atoms with E-state index in [0.29, 0.717) is 5.57 Å². The molecule has 104 valence electrons. The van der Waals surface area contributed by atoms with Crippen LogP contribution in [-0.4, -0.2) is 4.98 Å². The van der Waals surface area contributed by atoms with Gasteiger partial charge >= 0.3 is 0 Å². The molecule has 2 aromatic carbocycles. The molecular formula is C18H10N2S2. The summed E-state index contributed by atoms with van der Waals surface area (Å²) in [5.74, 6) is 0. The first-order valence-corrected chi connectivity index (χ1v) is 8.49. The largest absolute Gasteiger partial charge is 0.235 e. The third-order valence-corrected chi connectivity index (χ3v) is 5.51. The van der Waals surface area contributed by atoms with Gasteiger partial charge in [-0.25, -0.2) is 4.98 Å². The van der Waals surface area contributed by atoms with Gasteiger partial charge in [0.1, 0.15) is 11.1 Å². The molecule has 0 unspecified atom stereocenters. The Bertz CT molecular complexity index is 1010. The summed E-state index contributed by atoms with van der Waals surface area (Å²) < 4.78 is 2.34. The highest BCUT2D eigenvalue weighted by atomic mass is 32.1. The van der Waals surface area contributed by atoms with Crippen LogP contribution in [0.15, 0.2) is 53.9 Å². The second-order valence-electron chi connectivity index (χ2n) is 4.84. The molecule has 0 amide bonds. The van der Waals surface area contributed by atoms with Crippen LogP contribution in [0.5, 0.6) is 0 Å². The fourth-order valence-electron chi connectivity index (χ4n) is 2.39. The van der Waals surface area contributed by atoms with E-state index in [1.807, 2.05) is 42.5 Å². The first-order valence-electron chi connectivity index (χ1n) is 6.79. The Morgan fingerprint density at radius 2 is 1.82 bits per heavy atom. The number of allylic oxidation sites excluding steroid dienone is 1. The number of thiazole rings is 1. The van der Waals surface area contributed by atoms with E-state index in [1.54, 1.807) is 22.7 Å². The summed E-state index contributed by atoms with van der Waals surface area (Å²) >= 11 is 3.25. The molecule has 0 saturated carbocycles. The van der Waals surface area contributed by atoms with Crippen molar-refractivity contribution < 1.29 is 0 Å². The number of hydrogen-bond donors (Lipinski definition) is 0. The quantitative estimate of drug-likeness (QED) is 0.453. The fraction of sp³-hybridized carbons (Fsp3) is 0. The van der Waals surface area contributed by atoms with Gasteiger partial charge in [-0.2, -0.15) is 5.26 Å². The van der Waals surface area contributed by atoms with E-state index in [1.165, 1.54) is 10.1 Å². The Morgan fingerprint density at radius 1 is 1.05 bits per heavy atom. The van der Waals surface area contributed by atoms with Crippen molar-refractivity contribution in [3.8, 4) is 6.07 Å². The molecule has 4 heteroatoms. The molecule has 0 radical (unpaired) electrons. The second kappa shape index (κ2) is 5.38. The van der Waals surface area contributed by atoms with Crippen LogP contribution in [0.4, 0.5) is 0 Å². The minimum atomic E-state index is 0.616. The summed E-state index contributed by atoms with van der Waals surface area (Å²) in [7, 11) is 0. The van der Waals surface area contributed by atoms with Gasteiger partial charge < -0.3 is 0 Å². The molecule has 4 rings (SSSR count). The average molecular weight is 318 g/mol. The van der Waals surface area contributed by atoms with Crippen molar-refractivity contribution in [1.29, 1.82) is 5.26 Å². The third-order valence-electron chi connectivity index (χ3n) is 3.46. The van der Waals surface area contributed by atoms with Gasteiger partial charge in [0.25, 0.3) is 0 Å². The van der Waals surface area contributed by atoms with Crippen molar-refractivity contribution in [3.63, 3.8) is 0 Å². The number of nitrogens with zero attached hydrogens (tertiary/aromatic N) is 2. The molecule has 0 atom stereocenters. The van der Waals surface area contributed by atoms with Gasteiger partial charge in [-0.15, -0.1) is 22.7 Å². The number of thiophene rings is 1. The number of para-hydroxylation sites is 1. The zero-order valence-electron chi connectivity index (χ0n) is 11.5. The highest BCUT2D eigenvalue weighted by Crippen LogP contribution is 2.31. The molecule has 4 aromatic rings. The summed E-state index contributed by atoms with van der Waals surface area (Å²) in [6.45, 7) is 0. The lowest BCUT2D eigenvalue weighted by Crippen LogP contribution is -1.79. The van der Waals surface area contributed by atoms with Crippen molar-refractivity contribution in [2.75, 3.05) is 0 Å². The molecule has 0 aliphatic carbocycles. The van der Waals surface area contributed by atoms with Crippen LogP contribution >= 0.6 is 22.7 Å². The molecule has 0 spiro atoms. The van der Waals surface area contributed by atoms with E-state index in [0.717, 1.165) is 20.8 Å². The van der Waals surface area contributed by atoms with Crippen molar-refractivity contribution in [3.05, 3.63) is 64.5 Å². The smallest absolute Gasteiger partial charge is 0.135 e. The van der Waals surface area contributed by atoms with Crippen LogP contribution in [0.25, 0.3) is 32.0 Å². The summed E-state index contributed by atoms with van der Waals surface area (Å²) in [5, 5.41) is 13.6. The van der Waals surface area contributed by atoms with Gasteiger partial charge in [-0.3, -0.25) is 0 Å². The average Bonchev–Trinajstić information content (AvgIpc) is 3.16. The zero-order chi connectivity index (χ0) is 14.9. The topological polar surface area (TPSA) is 36.7 Å². The second-order valence-corrected chi connectivity index (χ2v) is 6.79. The maximum Gasteiger partial charge on any atom is 0.135 e. The molecular weight excluding hydrogens is 308 g/mol. The third kappa shape index (κ3) is 2.21. The van der Waals surface area contributed by atoms with Gasteiger partial charge in [0.2, 0.25) is 0 Å². The number of benzene rings is 2. The van der Waals surface area contributed by atoms with Gasteiger partial charge in [-0.1, -0.05) is 30.3 Å². The predicted octanol–water partition coefficient (Wildman–Crippen LogP) is 5.58. The molecule has 22 heavy (non-hydrogen) atoms. The summed E-state index contributed by atoms with van der Waals surface area (Å²) in [6, 6.07) is 18.5. The molecule has 0 fully saturated rings. The minimum Gasteiger partial charge on any atom is -0.235 e. The lowest BCUT2D eigenvalue weighted by molar-refractivity contribution is 1.44. The molecule has 0 aliphatic heterocycles. The van der Waals surface area contributed by atoms with Crippen LogP contribution in [-0.2, 0) is 0 Å². The lowest BCUT2D eigenvalue weighted by Gasteiger charge is -1.94. The molecule has 0 N–H and O–H groups in total. The standard InChI is InChI=1S/C18H10N2S2/c19-10-12(18-20-15-6-2-4-8-17(15)22-18)9-13-11-21-16-7-3-1-5-14(13)16/h1-9,11H/b12-9-. The first kappa shape index (κ1) is 13.2. The van der Waals surface area contributed by atoms with Gasteiger partial charge in [0.15, 0.2) is 0 Å². The zero-order valence-corrected chi connectivity index (χ0v) is 13.1. The summed E-state index contributed by atoms with van der Waals surface area (Å²) in [4.78, 5) is 4.58. The van der Waals surface area contributed by atoms with Crippen molar-refractivity contribution in [1.82, 2.24) is 4.98 Å². The Morgan fingerprint density at radius 3 is 2.64 bits per heavy atom. The van der Waals surface area contributed by atoms with E-state index in [-0.39, 0.29) is 0 Å². The van der Waals surface area contributed by atoms with Crippen LogP contribution in [0.1, 0.15) is 10.6 Å². The number of aromatic nitrogens is 1. The van der Waals surface area contributed by atoms with E-state index < -0.39 is 0 Å². The van der Waals surface area contributed by atoms with Crippen molar-refractivity contribution >= 4 is 54.6 Å². The minimum absolute atomic E-state index is 0.616. The molecule has 0 aliphatic rings. The Kier molecular flexibility index (Phi) is 3.23. The molecule has 2 nitrogen and oxygen atoms in total.